The molecule has 0 bridgehead atoms. The van der Waals surface area contributed by atoms with E-state index in [-0.39, 0.29) is 17.7 Å². The third kappa shape index (κ3) is 3.86. The molecule has 0 amide bonds. The molecule has 178 valence electrons. The van der Waals surface area contributed by atoms with Crippen LogP contribution in [0.3, 0.4) is 0 Å². The minimum atomic E-state index is -4.83. The number of benzene rings is 2. The summed E-state index contributed by atoms with van der Waals surface area (Å²) in [6, 6.07) is 8.99. The van der Waals surface area contributed by atoms with E-state index in [1.54, 1.807) is 24.3 Å². The van der Waals surface area contributed by atoms with Gasteiger partial charge < -0.3 is 9.88 Å². The number of aromatic nitrogens is 3. The van der Waals surface area contributed by atoms with Crippen LogP contribution >= 0.6 is 11.6 Å². The van der Waals surface area contributed by atoms with Crippen molar-refractivity contribution < 1.29 is 22.0 Å². The van der Waals surface area contributed by atoms with Gasteiger partial charge in [-0.15, -0.1) is 0 Å². The number of halogens is 6. The van der Waals surface area contributed by atoms with Crippen LogP contribution in [0, 0.1) is 29.9 Å². The molecule has 1 atom stereocenters. The number of fused-ring (bicyclic) bond motifs is 3. The minimum Gasteiger partial charge on any atom is -0.356 e. The number of nitrogens with one attached hydrogen (secondary N) is 1. The predicted octanol–water partition coefficient (Wildman–Crippen LogP) is 6.24. The molecular formula is C24H15ClF5N5. The maximum Gasteiger partial charge on any atom is 0.433 e. The quantitative estimate of drug-likeness (QED) is 0.329. The molecular weight excluding hydrogens is 489 g/mol. The fourth-order valence-electron chi connectivity index (χ4n) is 4.44. The molecule has 0 saturated heterocycles. The fourth-order valence-corrected chi connectivity index (χ4v) is 4.61. The average Bonchev–Trinajstić information content (AvgIpc) is 3.19. The second kappa shape index (κ2) is 8.20. The summed E-state index contributed by atoms with van der Waals surface area (Å²) in [5, 5.41) is 10.5. The maximum absolute atomic E-state index is 15.3. The molecule has 0 radical (unpaired) electrons. The highest BCUT2D eigenvalue weighted by molar-refractivity contribution is 6.31. The largest absolute Gasteiger partial charge is 0.433 e. The number of H-pyrrole nitrogens is 1. The number of alkyl halides is 3. The number of nitrogens with zero attached hydrogens (tertiary/aromatic N) is 4. The molecule has 0 fully saturated rings. The lowest BCUT2D eigenvalue weighted by molar-refractivity contribution is -0.141. The molecule has 0 aliphatic carbocycles. The monoisotopic (exact) mass is 503 g/mol. The first-order chi connectivity index (χ1) is 16.6. The number of aryl methyl sites for hydroxylation is 1. The Hall–Kier alpha value is -3.71. The Morgan fingerprint density at radius 2 is 1.89 bits per heavy atom. The van der Waals surface area contributed by atoms with Crippen molar-refractivity contribution in [1.29, 1.82) is 5.26 Å². The van der Waals surface area contributed by atoms with Crippen LogP contribution in [-0.4, -0.2) is 21.5 Å². The molecule has 5 nitrogen and oxygen atoms in total. The second-order valence-electron chi connectivity index (χ2n) is 8.20. The van der Waals surface area contributed by atoms with Crippen molar-refractivity contribution >= 4 is 28.5 Å². The van der Waals surface area contributed by atoms with Crippen LogP contribution in [0.15, 0.2) is 36.4 Å². The third-order valence-corrected chi connectivity index (χ3v) is 6.30. The zero-order valence-electron chi connectivity index (χ0n) is 18.0. The molecule has 1 unspecified atom stereocenters. The molecule has 0 saturated carbocycles. The highest BCUT2D eigenvalue weighted by atomic mass is 35.5. The van der Waals surface area contributed by atoms with E-state index in [4.69, 9.17) is 11.6 Å². The number of aromatic amines is 1. The van der Waals surface area contributed by atoms with Crippen LogP contribution in [0.1, 0.15) is 39.8 Å². The highest BCUT2D eigenvalue weighted by Gasteiger charge is 2.38. The summed E-state index contributed by atoms with van der Waals surface area (Å²) in [5.41, 5.74) is 0.0905. The summed E-state index contributed by atoms with van der Waals surface area (Å²) in [5.74, 6) is -2.60. The van der Waals surface area contributed by atoms with Gasteiger partial charge in [-0.25, -0.2) is 18.7 Å². The Bertz CT molecular complexity index is 1520. The lowest BCUT2D eigenvalue weighted by atomic mass is 9.91. The van der Waals surface area contributed by atoms with E-state index in [0.717, 1.165) is 10.9 Å². The number of rotatable bonds is 2. The maximum atomic E-state index is 15.3. The van der Waals surface area contributed by atoms with E-state index < -0.39 is 41.2 Å². The van der Waals surface area contributed by atoms with Crippen molar-refractivity contribution in [2.24, 2.45) is 0 Å². The summed E-state index contributed by atoms with van der Waals surface area (Å²) in [6.45, 7) is 1.49. The minimum absolute atomic E-state index is 0.0816. The molecule has 1 aliphatic heterocycles. The highest BCUT2D eigenvalue weighted by Crippen LogP contribution is 2.42. The van der Waals surface area contributed by atoms with Gasteiger partial charge in [-0.1, -0.05) is 23.7 Å². The number of hydrogen-bond donors (Lipinski definition) is 1. The van der Waals surface area contributed by atoms with Crippen molar-refractivity contribution in [3.63, 3.8) is 0 Å². The van der Waals surface area contributed by atoms with Crippen LogP contribution < -0.4 is 4.90 Å². The van der Waals surface area contributed by atoms with Crippen LogP contribution in [0.5, 0.6) is 0 Å². The van der Waals surface area contributed by atoms with Crippen molar-refractivity contribution in [2.45, 2.75) is 25.6 Å². The van der Waals surface area contributed by atoms with Crippen LogP contribution in [0.4, 0.5) is 27.9 Å². The van der Waals surface area contributed by atoms with Gasteiger partial charge in [-0.2, -0.15) is 18.4 Å². The summed E-state index contributed by atoms with van der Waals surface area (Å²) in [6.07, 6.45) is -4.50. The van der Waals surface area contributed by atoms with Gasteiger partial charge in [-0.3, -0.25) is 0 Å². The molecule has 1 aliphatic rings. The topological polar surface area (TPSA) is 68.6 Å². The Morgan fingerprint density at radius 3 is 2.60 bits per heavy atom. The number of anilines is 1. The number of hydrogen-bond acceptors (Lipinski definition) is 4. The molecule has 2 aromatic heterocycles. The van der Waals surface area contributed by atoms with Gasteiger partial charge in [0.1, 0.15) is 17.8 Å². The summed E-state index contributed by atoms with van der Waals surface area (Å²) in [7, 11) is 0. The predicted molar refractivity (Wildman–Crippen MR) is 119 cm³/mol. The van der Waals surface area contributed by atoms with Gasteiger partial charge >= 0.3 is 6.18 Å². The standard InChI is InChI=1S/C24H15ClF5N5/c1-11-2-4-15(20(27)19(11)26)22-21-14(16-8-12(25)3-5-17(16)33-21)6-7-35(22)23-32-13(10-31)9-18(34-23)24(28,29)30/h2-5,8-9,22,33H,6-7H2,1H3. The molecule has 35 heavy (non-hydrogen) atoms. The first-order valence-electron chi connectivity index (χ1n) is 10.5. The number of nitriles is 1. The third-order valence-electron chi connectivity index (χ3n) is 6.07. The van der Waals surface area contributed by atoms with Gasteiger partial charge in [-0.05, 0) is 42.7 Å². The van der Waals surface area contributed by atoms with Gasteiger partial charge in [0.2, 0.25) is 5.95 Å². The van der Waals surface area contributed by atoms with Crippen molar-refractivity contribution in [2.75, 3.05) is 11.4 Å². The van der Waals surface area contributed by atoms with E-state index in [1.807, 2.05) is 0 Å². The molecule has 4 aromatic rings. The second-order valence-corrected chi connectivity index (χ2v) is 8.64. The van der Waals surface area contributed by atoms with Crippen molar-refractivity contribution in [3.8, 4) is 6.07 Å². The molecule has 1 N–H and O–H groups in total. The van der Waals surface area contributed by atoms with E-state index in [0.29, 0.717) is 28.7 Å². The van der Waals surface area contributed by atoms with Crippen molar-refractivity contribution in [1.82, 2.24) is 15.0 Å². The van der Waals surface area contributed by atoms with Crippen LogP contribution in [0.2, 0.25) is 5.02 Å². The smallest absolute Gasteiger partial charge is 0.356 e. The Morgan fingerprint density at radius 1 is 1.11 bits per heavy atom. The van der Waals surface area contributed by atoms with Crippen molar-refractivity contribution in [3.05, 3.63) is 86.8 Å². The first-order valence-corrected chi connectivity index (χ1v) is 10.8. The Kier molecular flexibility index (Phi) is 5.40. The van der Waals surface area contributed by atoms with E-state index in [1.165, 1.54) is 24.0 Å². The SMILES string of the molecule is Cc1ccc(C2c3[nH]c4ccc(Cl)cc4c3CCN2c2nc(C#N)cc(C(F)(F)F)n2)c(F)c1F. The Labute approximate surface area is 200 Å². The van der Waals surface area contributed by atoms with Gasteiger partial charge in [0.25, 0.3) is 0 Å². The normalized spacial score (nSPS) is 15.8. The first kappa shape index (κ1) is 23.1. The summed E-state index contributed by atoms with van der Waals surface area (Å²) < 4.78 is 70.4. The van der Waals surface area contributed by atoms with Crippen LogP contribution in [0.25, 0.3) is 10.9 Å². The summed E-state index contributed by atoms with van der Waals surface area (Å²) in [4.78, 5) is 12.2. The Balaban J connectivity index is 1.77. The lowest BCUT2D eigenvalue weighted by Gasteiger charge is -2.36. The average molecular weight is 504 g/mol. The van der Waals surface area contributed by atoms with E-state index >= 15 is 4.39 Å². The fraction of sp³-hybridized carbons (Fsp3) is 0.208. The molecule has 3 heterocycles. The van der Waals surface area contributed by atoms with Gasteiger partial charge in [0, 0.05) is 39.8 Å². The van der Waals surface area contributed by atoms with Gasteiger partial charge in [0.05, 0.1) is 0 Å². The summed E-state index contributed by atoms with van der Waals surface area (Å²) >= 11 is 6.16. The molecule has 2 aromatic carbocycles. The van der Waals surface area contributed by atoms with Gasteiger partial charge in [0.15, 0.2) is 17.3 Å². The van der Waals surface area contributed by atoms with E-state index in [9.17, 15) is 22.8 Å². The zero-order chi connectivity index (χ0) is 25.1. The van der Waals surface area contributed by atoms with E-state index in [2.05, 4.69) is 15.0 Å². The lowest BCUT2D eigenvalue weighted by Crippen LogP contribution is -2.38. The van der Waals surface area contributed by atoms with Crippen LogP contribution in [-0.2, 0) is 12.6 Å². The molecule has 5 rings (SSSR count). The molecule has 11 heteroatoms. The molecule has 0 spiro atoms. The zero-order valence-corrected chi connectivity index (χ0v) is 18.8.